The summed E-state index contributed by atoms with van der Waals surface area (Å²) in [4.78, 5) is 11.3. The molecule has 0 heterocycles. The number of likely N-dealkylation sites (N-methyl/N-ethyl adjacent to an activating group) is 1. The van der Waals surface area contributed by atoms with Gasteiger partial charge in [0.2, 0.25) is 5.91 Å². The van der Waals surface area contributed by atoms with Crippen LogP contribution in [0, 0.1) is 0 Å². The number of carbonyl (C=O) groups is 1. The molecule has 3 N–H and O–H groups in total. The van der Waals surface area contributed by atoms with Crippen molar-refractivity contribution in [3.05, 3.63) is 34.9 Å². The minimum Gasteiger partial charge on any atom is -0.368 e. The van der Waals surface area contributed by atoms with E-state index in [9.17, 15) is 4.79 Å². The summed E-state index contributed by atoms with van der Waals surface area (Å²) in [5.41, 5.74) is 5.21. The summed E-state index contributed by atoms with van der Waals surface area (Å²) in [5.74, 6) is -0.428. The quantitative estimate of drug-likeness (QED) is 0.793. The van der Waals surface area contributed by atoms with Crippen LogP contribution in [0.25, 0.3) is 0 Å². The summed E-state index contributed by atoms with van der Waals surface area (Å²) in [5, 5.41) is 3.48. The lowest BCUT2D eigenvalue weighted by atomic mass is 9.91. The fourth-order valence-electron chi connectivity index (χ4n) is 1.21. The zero-order valence-corrected chi connectivity index (χ0v) is 8.93. The molecule has 0 fully saturated rings. The summed E-state index contributed by atoms with van der Waals surface area (Å²) >= 11 is 5.83. The summed E-state index contributed by atoms with van der Waals surface area (Å²) in [6, 6.07) is 7.08. The van der Waals surface area contributed by atoms with Gasteiger partial charge in [0.25, 0.3) is 0 Å². The second-order valence-electron chi connectivity index (χ2n) is 3.25. The average molecular weight is 213 g/mol. The number of hydrogen-bond donors (Lipinski definition) is 2. The molecule has 1 aromatic carbocycles. The largest absolute Gasteiger partial charge is 0.368 e. The molecule has 3 nitrogen and oxygen atoms in total. The van der Waals surface area contributed by atoms with Crippen LogP contribution in [-0.4, -0.2) is 13.0 Å². The van der Waals surface area contributed by atoms with Crippen LogP contribution in [0.5, 0.6) is 0 Å². The maximum absolute atomic E-state index is 11.3. The number of nitrogens with two attached hydrogens (primary N) is 1. The van der Waals surface area contributed by atoms with Crippen LogP contribution in [0.3, 0.4) is 0 Å². The highest BCUT2D eigenvalue weighted by Gasteiger charge is 2.31. The smallest absolute Gasteiger partial charge is 0.242 e. The number of carbonyl (C=O) groups excluding carboxylic acids is 1. The molecule has 76 valence electrons. The molecule has 0 spiro atoms. The number of hydrogen-bond acceptors (Lipinski definition) is 2. The third-order valence-corrected chi connectivity index (χ3v) is 2.63. The lowest BCUT2D eigenvalue weighted by Crippen LogP contribution is -2.48. The molecule has 0 aliphatic carbocycles. The van der Waals surface area contributed by atoms with Gasteiger partial charge in [-0.2, -0.15) is 0 Å². The number of halogens is 1. The number of nitrogens with one attached hydrogen (secondary N) is 1. The van der Waals surface area contributed by atoms with Gasteiger partial charge in [0, 0.05) is 5.02 Å². The lowest BCUT2D eigenvalue weighted by molar-refractivity contribution is -0.123. The Morgan fingerprint density at radius 2 is 2.21 bits per heavy atom. The van der Waals surface area contributed by atoms with Gasteiger partial charge in [-0.05, 0) is 31.7 Å². The lowest BCUT2D eigenvalue weighted by Gasteiger charge is -2.26. The molecule has 0 aliphatic heterocycles. The van der Waals surface area contributed by atoms with Crippen molar-refractivity contribution in [1.82, 2.24) is 5.32 Å². The van der Waals surface area contributed by atoms with Gasteiger partial charge in [-0.15, -0.1) is 0 Å². The monoisotopic (exact) mass is 212 g/mol. The van der Waals surface area contributed by atoms with Gasteiger partial charge in [-0.25, -0.2) is 0 Å². The SMILES string of the molecule is CNC(C)(C(N)=O)c1cccc(Cl)c1. The van der Waals surface area contributed by atoms with E-state index in [-0.39, 0.29) is 0 Å². The minimum atomic E-state index is -0.870. The Labute approximate surface area is 88.2 Å². The van der Waals surface area contributed by atoms with Gasteiger partial charge >= 0.3 is 0 Å². The first-order valence-electron chi connectivity index (χ1n) is 4.25. The van der Waals surface area contributed by atoms with E-state index in [2.05, 4.69) is 5.32 Å². The first-order chi connectivity index (χ1) is 6.50. The summed E-state index contributed by atoms with van der Waals surface area (Å²) in [6.07, 6.45) is 0. The molecule has 1 rings (SSSR count). The van der Waals surface area contributed by atoms with E-state index in [0.29, 0.717) is 5.02 Å². The van der Waals surface area contributed by atoms with Gasteiger partial charge in [0.1, 0.15) is 5.54 Å². The third kappa shape index (κ3) is 1.89. The molecular formula is C10H13ClN2O. The second kappa shape index (κ2) is 3.98. The van der Waals surface area contributed by atoms with Crippen LogP contribution < -0.4 is 11.1 Å². The van der Waals surface area contributed by atoms with Gasteiger partial charge in [-0.1, -0.05) is 23.7 Å². The highest BCUT2D eigenvalue weighted by Crippen LogP contribution is 2.22. The number of amides is 1. The topological polar surface area (TPSA) is 55.1 Å². The van der Waals surface area contributed by atoms with E-state index in [1.807, 2.05) is 6.07 Å². The third-order valence-electron chi connectivity index (χ3n) is 2.39. The molecular weight excluding hydrogens is 200 g/mol. The van der Waals surface area contributed by atoms with Gasteiger partial charge in [0.15, 0.2) is 0 Å². The zero-order valence-electron chi connectivity index (χ0n) is 8.17. The molecule has 1 unspecified atom stereocenters. The average Bonchev–Trinajstić information content (AvgIpc) is 2.16. The van der Waals surface area contributed by atoms with Crippen LogP contribution in [0.1, 0.15) is 12.5 Å². The van der Waals surface area contributed by atoms with Crippen molar-refractivity contribution in [3.8, 4) is 0 Å². The van der Waals surface area contributed by atoms with Crippen molar-refractivity contribution in [2.24, 2.45) is 5.73 Å². The molecule has 4 heteroatoms. The number of primary amides is 1. The number of benzene rings is 1. The molecule has 0 saturated heterocycles. The van der Waals surface area contributed by atoms with E-state index < -0.39 is 11.4 Å². The molecule has 1 aromatic rings. The predicted molar refractivity (Wildman–Crippen MR) is 57.1 cm³/mol. The van der Waals surface area contributed by atoms with E-state index in [0.717, 1.165) is 5.56 Å². The Balaban J connectivity index is 3.19. The van der Waals surface area contributed by atoms with E-state index in [1.54, 1.807) is 32.2 Å². The second-order valence-corrected chi connectivity index (χ2v) is 3.69. The zero-order chi connectivity index (χ0) is 10.8. The normalized spacial score (nSPS) is 14.8. The first kappa shape index (κ1) is 11.0. The molecule has 1 atom stereocenters. The summed E-state index contributed by atoms with van der Waals surface area (Å²) < 4.78 is 0. The fraction of sp³-hybridized carbons (Fsp3) is 0.300. The highest BCUT2D eigenvalue weighted by atomic mass is 35.5. The Kier molecular flexibility index (Phi) is 3.13. The van der Waals surface area contributed by atoms with Crippen molar-refractivity contribution >= 4 is 17.5 Å². The van der Waals surface area contributed by atoms with Crippen molar-refractivity contribution in [2.45, 2.75) is 12.5 Å². The van der Waals surface area contributed by atoms with E-state index >= 15 is 0 Å². The summed E-state index contributed by atoms with van der Waals surface area (Å²) in [7, 11) is 1.69. The molecule has 0 saturated carbocycles. The van der Waals surface area contributed by atoms with Crippen LogP contribution >= 0.6 is 11.6 Å². The van der Waals surface area contributed by atoms with Gasteiger partial charge in [0.05, 0.1) is 0 Å². The van der Waals surface area contributed by atoms with Crippen molar-refractivity contribution in [1.29, 1.82) is 0 Å². The van der Waals surface area contributed by atoms with Crippen LogP contribution in [0.2, 0.25) is 5.02 Å². The fourth-order valence-corrected chi connectivity index (χ4v) is 1.40. The Morgan fingerprint density at radius 1 is 1.57 bits per heavy atom. The Morgan fingerprint density at radius 3 is 2.64 bits per heavy atom. The standard InChI is InChI=1S/C10H13ClN2O/c1-10(13-2,9(12)14)7-4-3-5-8(11)6-7/h3-6,13H,1-2H3,(H2,12,14). The summed E-state index contributed by atoms with van der Waals surface area (Å²) in [6.45, 7) is 1.72. The molecule has 0 aromatic heterocycles. The maximum atomic E-state index is 11.3. The Bertz CT molecular complexity index is 354. The van der Waals surface area contributed by atoms with Gasteiger partial charge < -0.3 is 11.1 Å². The molecule has 0 radical (unpaired) electrons. The molecule has 0 aliphatic rings. The van der Waals surface area contributed by atoms with E-state index in [4.69, 9.17) is 17.3 Å². The van der Waals surface area contributed by atoms with Crippen LogP contribution in [0.15, 0.2) is 24.3 Å². The van der Waals surface area contributed by atoms with Crippen molar-refractivity contribution < 1.29 is 4.79 Å². The minimum absolute atomic E-state index is 0.428. The molecule has 1 amide bonds. The van der Waals surface area contributed by atoms with Crippen molar-refractivity contribution in [2.75, 3.05) is 7.05 Å². The maximum Gasteiger partial charge on any atom is 0.242 e. The van der Waals surface area contributed by atoms with Crippen LogP contribution in [-0.2, 0) is 10.3 Å². The van der Waals surface area contributed by atoms with Crippen molar-refractivity contribution in [3.63, 3.8) is 0 Å². The van der Waals surface area contributed by atoms with E-state index in [1.165, 1.54) is 0 Å². The highest BCUT2D eigenvalue weighted by molar-refractivity contribution is 6.30. The van der Waals surface area contributed by atoms with Crippen LogP contribution in [0.4, 0.5) is 0 Å². The number of rotatable bonds is 3. The molecule has 0 bridgehead atoms. The Hall–Kier alpha value is -1.06. The first-order valence-corrected chi connectivity index (χ1v) is 4.63. The van der Waals surface area contributed by atoms with Gasteiger partial charge in [-0.3, -0.25) is 4.79 Å². The predicted octanol–water partition coefficient (Wildman–Crippen LogP) is 1.26. The molecule has 14 heavy (non-hydrogen) atoms.